The Hall–Kier alpha value is -1.35. The molecule has 0 aliphatic carbocycles. The van der Waals surface area contributed by atoms with Gasteiger partial charge in [-0.3, -0.25) is 4.90 Å². The van der Waals surface area contributed by atoms with Crippen LogP contribution in [-0.4, -0.2) is 29.1 Å². The average Bonchev–Trinajstić information content (AvgIpc) is 2.42. The van der Waals surface area contributed by atoms with E-state index >= 15 is 0 Å². The zero-order valence-electron chi connectivity index (χ0n) is 11.7. The fourth-order valence-electron chi connectivity index (χ4n) is 2.70. The highest BCUT2D eigenvalue weighted by molar-refractivity contribution is 5.87. The van der Waals surface area contributed by atoms with E-state index in [2.05, 4.69) is 11.8 Å². The van der Waals surface area contributed by atoms with Gasteiger partial charge in [-0.1, -0.05) is 32.3 Å². The number of hydrogen-bond donors (Lipinski definition) is 1. The summed E-state index contributed by atoms with van der Waals surface area (Å²) in [5.74, 6) is -0.831. The van der Waals surface area contributed by atoms with E-state index < -0.39 is 5.97 Å². The first-order valence-electron chi connectivity index (χ1n) is 7.28. The molecule has 0 unspecified atom stereocenters. The summed E-state index contributed by atoms with van der Waals surface area (Å²) in [4.78, 5) is 13.4. The van der Waals surface area contributed by atoms with Gasteiger partial charge in [-0.15, -0.1) is 0 Å². The molecule has 1 aromatic carbocycles. The maximum atomic E-state index is 11.0. The molecule has 3 nitrogen and oxygen atoms in total. The standard InChI is InChI=1S/C16H23NO2/c1-2-3-4-5-9-17-10-8-13-6-7-14(16(18)19)11-15(13)12-17/h6-7,11H,2-5,8-10,12H2,1H3,(H,18,19). The van der Waals surface area contributed by atoms with Crippen molar-refractivity contribution < 1.29 is 9.90 Å². The summed E-state index contributed by atoms with van der Waals surface area (Å²) in [6, 6.07) is 5.54. The molecule has 0 bridgehead atoms. The van der Waals surface area contributed by atoms with Gasteiger partial charge in [-0.2, -0.15) is 0 Å². The van der Waals surface area contributed by atoms with Gasteiger partial charge in [-0.05, 0) is 42.6 Å². The lowest BCUT2D eigenvalue weighted by Crippen LogP contribution is -2.31. The highest BCUT2D eigenvalue weighted by Gasteiger charge is 2.17. The Labute approximate surface area is 115 Å². The van der Waals surface area contributed by atoms with Gasteiger partial charge in [-0.25, -0.2) is 4.79 Å². The normalized spacial score (nSPS) is 15.2. The van der Waals surface area contributed by atoms with Gasteiger partial charge in [0.1, 0.15) is 0 Å². The van der Waals surface area contributed by atoms with Gasteiger partial charge in [0, 0.05) is 13.1 Å². The number of nitrogens with zero attached hydrogens (tertiary/aromatic N) is 1. The van der Waals surface area contributed by atoms with Crippen molar-refractivity contribution in [3.63, 3.8) is 0 Å². The van der Waals surface area contributed by atoms with E-state index in [0.717, 1.165) is 26.1 Å². The topological polar surface area (TPSA) is 40.5 Å². The third-order valence-corrected chi connectivity index (χ3v) is 3.87. The minimum absolute atomic E-state index is 0.409. The van der Waals surface area contributed by atoms with Crippen LogP contribution in [-0.2, 0) is 13.0 Å². The fraction of sp³-hybridized carbons (Fsp3) is 0.562. The van der Waals surface area contributed by atoms with Crippen LogP contribution >= 0.6 is 0 Å². The van der Waals surface area contributed by atoms with Crippen molar-refractivity contribution in [2.24, 2.45) is 0 Å². The largest absolute Gasteiger partial charge is 0.478 e. The summed E-state index contributed by atoms with van der Waals surface area (Å²) in [5.41, 5.74) is 2.92. The molecule has 0 atom stereocenters. The number of benzene rings is 1. The van der Waals surface area contributed by atoms with Crippen LogP contribution in [0.15, 0.2) is 18.2 Å². The Bertz CT molecular complexity index is 442. The van der Waals surface area contributed by atoms with Gasteiger partial charge >= 0.3 is 5.97 Å². The minimum atomic E-state index is -0.831. The lowest BCUT2D eigenvalue weighted by molar-refractivity contribution is 0.0696. The monoisotopic (exact) mass is 261 g/mol. The number of hydrogen-bond acceptors (Lipinski definition) is 2. The molecule has 1 aliphatic rings. The summed E-state index contributed by atoms with van der Waals surface area (Å²) in [7, 11) is 0. The number of aromatic carboxylic acids is 1. The maximum absolute atomic E-state index is 11.0. The second kappa shape index (κ2) is 6.71. The molecule has 1 aromatic rings. The van der Waals surface area contributed by atoms with Crippen molar-refractivity contribution in [1.29, 1.82) is 0 Å². The lowest BCUT2D eigenvalue weighted by atomic mass is 9.97. The Morgan fingerprint density at radius 3 is 2.84 bits per heavy atom. The Morgan fingerprint density at radius 2 is 2.11 bits per heavy atom. The van der Waals surface area contributed by atoms with Crippen molar-refractivity contribution in [1.82, 2.24) is 4.90 Å². The van der Waals surface area contributed by atoms with E-state index in [1.165, 1.54) is 36.8 Å². The molecule has 0 spiro atoms. The SMILES string of the molecule is CCCCCCN1CCc2ccc(C(=O)O)cc2C1. The molecule has 0 saturated carbocycles. The zero-order valence-corrected chi connectivity index (χ0v) is 11.7. The van der Waals surface area contributed by atoms with Crippen LogP contribution in [0.1, 0.15) is 54.1 Å². The van der Waals surface area contributed by atoms with E-state index in [0.29, 0.717) is 5.56 Å². The molecule has 3 heteroatoms. The van der Waals surface area contributed by atoms with Gasteiger partial charge in [0.2, 0.25) is 0 Å². The first kappa shape index (κ1) is 14.1. The van der Waals surface area contributed by atoms with Crippen LogP contribution in [0.2, 0.25) is 0 Å². The number of carboxylic acids is 1. The highest BCUT2D eigenvalue weighted by Crippen LogP contribution is 2.21. The van der Waals surface area contributed by atoms with E-state index in [4.69, 9.17) is 5.11 Å². The first-order valence-corrected chi connectivity index (χ1v) is 7.28. The third-order valence-electron chi connectivity index (χ3n) is 3.87. The van der Waals surface area contributed by atoms with Gasteiger partial charge in [0.15, 0.2) is 0 Å². The molecule has 1 aliphatic heterocycles. The van der Waals surface area contributed by atoms with Crippen molar-refractivity contribution in [3.8, 4) is 0 Å². The summed E-state index contributed by atoms with van der Waals surface area (Å²) >= 11 is 0. The molecule has 2 rings (SSSR count). The van der Waals surface area contributed by atoms with E-state index in [1.54, 1.807) is 6.07 Å². The molecular weight excluding hydrogens is 238 g/mol. The fourth-order valence-corrected chi connectivity index (χ4v) is 2.70. The van der Waals surface area contributed by atoms with E-state index in [-0.39, 0.29) is 0 Å². The number of carboxylic acid groups (broad SMARTS) is 1. The van der Waals surface area contributed by atoms with Crippen LogP contribution in [0.5, 0.6) is 0 Å². The minimum Gasteiger partial charge on any atom is -0.478 e. The molecule has 0 saturated heterocycles. The Morgan fingerprint density at radius 1 is 1.26 bits per heavy atom. The van der Waals surface area contributed by atoms with Crippen molar-refractivity contribution in [3.05, 3.63) is 34.9 Å². The molecule has 19 heavy (non-hydrogen) atoms. The Balaban J connectivity index is 1.94. The predicted octanol–water partition coefficient (Wildman–Crippen LogP) is 3.32. The smallest absolute Gasteiger partial charge is 0.335 e. The van der Waals surface area contributed by atoms with Crippen molar-refractivity contribution in [2.75, 3.05) is 13.1 Å². The number of fused-ring (bicyclic) bond motifs is 1. The van der Waals surface area contributed by atoms with E-state index in [1.807, 2.05) is 12.1 Å². The molecule has 0 amide bonds. The van der Waals surface area contributed by atoms with E-state index in [9.17, 15) is 4.79 Å². The van der Waals surface area contributed by atoms with Crippen LogP contribution in [0.25, 0.3) is 0 Å². The van der Waals surface area contributed by atoms with Crippen LogP contribution in [0, 0.1) is 0 Å². The zero-order chi connectivity index (χ0) is 13.7. The molecule has 1 N–H and O–H groups in total. The first-order chi connectivity index (χ1) is 9.20. The molecule has 1 heterocycles. The predicted molar refractivity (Wildman–Crippen MR) is 76.5 cm³/mol. The second-order valence-corrected chi connectivity index (χ2v) is 5.38. The maximum Gasteiger partial charge on any atom is 0.335 e. The summed E-state index contributed by atoms with van der Waals surface area (Å²) in [5, 5.41) is 9.04. The molecular formula is C16H23NO2. The van der Waals surface area contributed by atoms with Gasteiger partial charge in [0.25, 0.3) is 0 Å². The summed E-state index contributed by atoms with van der Waals surface area (Å²) < 4.78 is 0. The summed E-state index contributed by atoms with van der Waals surface area (Å²) in [6.45, 7) is 5.37. The van der Waals surface area contributed by atoms with Gasteiger partial charge < -0.3 is 5.11 Å². The molecule has 0 fully saturated rings. The van der Waals surface area contributed by atoms with Crippen molar-refractivity contribution in [2.45, 2.75) is 45.6 Å². The second-order valence-electron chi connectivity index (χ2n) is 5.38. The molecule has 104 valence electrons. The number of rotatable bonds is 6. The molecule has 0 aromatic heterocycles. The van der Waals surface area contributed by atoms with Crippen LogP contribution in [0.3, 0.4) is 0 Å². The van der Waals surface area contributed by atoms with Gasteiger partial charge in [0.05, 0.1) is 5.56 Å². The quantitative estimate of drug-likeness (QED) is 0.799. The molecule has 0 radical (unpaired) electrons. The number of unbranched alkanes of at least 4 members (excludes halogenated alkanes) is 3. The van der Waals surface area contributed by atoms with Crippen LogP contribution in [0.4, 0.5) is 0 Å². The Kier molecular flexibility index (Phi) is 4.97. The average molecular weight is 261 g/mol. The van der Waals surface area contributed by atoms with Crippen molar-refractivity contribution >= 4 is 5.97 Å². The van der Waals surface area contributed by atoms with Crippen LogP contribution < -0.4 is 0 Å². The highest BCUT2D eigenvalue weighted by atomic mass is 16.4. The lowest BCUT2D eigenvalue weighted by Gasteiger charge is -2.28. The number of carbonyl (C=O) groups is 1. The third kappa shape index (κ3) is 3.80. The summed E-state index contributed by atoms with van der Waals surface area (Å²) in [6.07, 6.45) is 6.18.